The Morgan fingerprint density at radius 2 is 1.81 bits per heavy atom. The third-order valence-electron chi connectivity index (χ3n) is 4.81. The molecule has 0 spiro atoms. The Bertz CT molecular complexity index is 724. The molecule has 138 valence electrons. The number of rotatable bonds is 6. The van der Waals surface area contributed by atoms with Crippen molar-refractivity contribution in [2.45, 2.75) is 19.9 Å². The number of nitrogens with zero attached hydrogens (tertiary/aromatic N) is 2. The van der Waals surface area contributed by atoms with E-state index in [1.165, 1.54) is 11.3 Å². The summed E-state index contributed by atoms with van der Waals surface area (Å²) in [6, 6.07) is 16.3. The SMILES string of the molecule is Cc1ccc(CNC(=O)CCN2CCN(c3cccc(Cl)c3)CC2)cc1. The first-order valence-corrected chi connectivity index (χ1v) is 9.53. The summed E-state index contributed by atoms with van der Waals surface area (Å²) in [5.74, 6) is 0.114. The number of hydrogen-bond acceptors (Lipinski definition) is 3. The van der Waals surface area contributed by atoms with Crippen molar-refractivity contribution in [3.8, 4) is 0 Å². The fourth-order valence-corrected chi connectivity index (χ4v) is 3.34. The van der Waals surface area contributed by atoms with E-state index in [-0.39, 0.29) is 5.91 Å². The molecule has 1 amide bonds. The van der Waals surface area contributed by atoms with Crippen molar-refractivity contribution in [2.75, 3.05) is 37.6 Å². The maximum atomic E-state index is 12.1. The molecule has 1 aliphatic heterocycles. The summed E-state index contributed by atoms with van der Waals surface area (Å²) in [5, 5.41) is 3.78. The van der Waals surface area contributed by atoms with Crippen molar-refractivity contribution in [2.24, 2.45) is 0 Å². The van der Waals surface area contributed by atoms with E-state index >= 15 is 0 Å². The highest BCUT2D eigenvalue weighted by molar-refractivity contribution is 6.30. The Kier molecular flexibility index (Phi) is 6.53. The molecule has 1 N–H and O–H groups in total. The molecule has 5 heteroatoms. The van der Waals surface area contributed by atoms with Crippen LogP contribution in [-0.2, 0) is 11.3 Å². The highest BCUT2D eigenvalue weighted by Crippen LogP contribution is 2.20. The predicted molar refractivity (Wildman–Crippen MR) is 108 cm³/mol. The molecule has 0 aliphatic carbocycles. The van der Waals surface area contributed by atoms with Gasteiger partial charge < -0.3 is 10.2 Å². The molecule has 0 radical (unpaired) electrons. The first kappa shape index (κ1) is 18.7. The van der Waals surface area contributed by atoms with Crippen molar-refractivity contribution in [1.29, 1.82) is 0 Å². The first-order chi connectivity index (χ1) is 12.6. The Labute approximate surface area is 160 Å². The van der Waals surface area contributed by atoms with Crippen LogP contribution in [0.25, 0.3) is 0 Å². The minimum Gasteiger partial charge on any atom is -0.369 e. The second-order valence-corrected chi connectivity index (χ2v) is 7.26. The summed E-state index contributed by atoms with van der Waals surface area (Å²) >= 11 is 6.08. The molecule has 1 aliphatic rings. The third kappa shape index (κ3) is 5.48. The van der Waals surface area contributed by atoms with Gasteiger partial charge in [-0.05, 0) is 30.7 Å². The Morgan fingerprint density at radius 1 is 1.08 bits per heavy atom. The second kappa shape index (κ2) is 9.06. The normalized spacial score (nSPS) is 15.1. The van der Waals surface area contributed by atoms with E-state index in [2.05, 4.69) is 52.4 Å². The summed E-state index contributed by atoms with van der Waals surface area (Å²) in [7, 11) is 0. The lowest BCUT2D eigenvalue weighted by molar-refractivity contribution is -0.121. The number of carbonyl (C=O) groups excluding carboxylic acids is 1. The number of benzene rings is 2. The fourth-order valence-electron chi connectivity index (χ4n) is 3.16. The molecule has 1 fully saturated rings. The lowest BCUT2D eigenvalue weighted by Gasteiger charge is -2.36. The van der Waals surface area contributed by atoms with E-state index < -0.39 is 0 Å². The average molecular weight is 372 g/mol. The fraction of sp³-hybridized carbons (Fsp3) is 0.381. The molecule has 0 atom stereocenters. The number of aryl methyl sites for hydroxylation is 1. The van der Waals surface area contributed by atoms with E-state index in [0.717, 1.165) is 43.3 Å². The van der Waals surface area contributed by atoms with Crippen LogP contribution >= 0.6 is 11.6 Å². The van der Waals surface area contributed by atoms with E-state index in [1.807, 2.05) is 18.2 Å². The second-order valence-electron chi connectivity index (χ2n) is 6.82. The third-order valence-corrected chi connectivity index (χ3v) is 5.05. The van der Waals surface area contributed by atoms with Crippen LogP contribution in [0.15, 0.2) is 48.5 Å². The highest BCUT2D eigenvalue weighted by atomic mass is 35.5. The number of amides is 1. The number of carbonyl (C=O) groups is 1. The van der Waals surface area contributed by atoms with Gasteiger partial charge in [-0.1, -0.05) is 47.5 Å². The molecular weight excluding hydrogens is 346 g/mol. The Balaban J connectivity index is 1.36. The van der Waals surface area contributed by atoms with Gasteiger partial charge in [0.05, 0.1) is 0 Å². The number of piperazine rings is 1. The van der Waals surface area contributed by atoms with Crippen LogP contribution in [0.5, 0.6) is 0 Å². The van der Waals surface area contributed by atoms with Crippen LogP contribution in [0.3, 0.4) is 0 Å². The van der Waals surface area contributed by atoms with Crippen LogP contribution in [0.1, 0.15) is 17.5 Å². The summed E-state index contributed by atoms with van der Waals surface area (Å²) in [5.41, 5.74) is 3.55. The van der Waals surface area contributed by atoms with Gasteiger partial charge in [-0.2, -0.15) is 0 Å². The zero-order valence-electron chi connectivity index (χ0n) is 15.2. The molecular formula is C21H26ClN3O. The van der Waals surface area contributed by atoms with Crippen LogP contribution in [0.2, 0.25) is 5.02 Å². The lowest BCUT2D eigenvalue weighted by atomic mass is 10.1. The van der Waals surface area contributed by atoms with E-state index in [0.29, 0.717) is 13.0 Å². The molecule has 2 aromatic carbocycles. The number of nitrogens with one attached hydrogen (secondary N) is 1. The summed E-state index contributed by atoms with van der Waals surface area (Å²) in [6.07, 6.45) is 0.545. The topological polar surface area (TPSA) is 35.6 Å². The highest BCUT2D eigenvalue weighted by Gasteiger charge is 2.17. The van der Waals surface area contributed by atoms with E-state index in [9.17, 15) is 4.79 Å². The van der Waals surface area contributed by atoms with Gasteiger partial charge in [-0.15, -0.1) is 0 Å². The number of halogens is 1. The van der Waals surface area contributed by atoms with Gasteiger partial charge in [-0.3, -0.25) is 9.69 Å². The monoisotopic (exact) mass is 371 g/mol. The smallest absolute Gasteiger partial charge is 0.221 e. The van der Waals surface area contributed by atoms with Crippen LogP contribution in [0, 0.1) is 6.92 Å². The molecule has 0 bridgehead atoms. The van der Waals surface area contributed by atoms with Crippen molar-refractivity contribution >= 4 is 23.2 Å². The van der Waals surface area contributed by atoms with Crippen molar-refractivity contribution < 1.29 is 4.79 Å². The zero-order valence-corrected chi connectivity index (χ0v) is 16.0. The number of anilines is 1. The van der Waals surface area contributed by atoms with Gasteiger partial charge in [0.25, 0.3) is 0 Å². The summed E-state index contributed by atoms with van der Waals surface area (Å²) in [6.45, 7) is 7.34. The minimum atomic E-state index is 0.114. The van der Waals surface area contributed by atoms with Gasteiger partial charge in [-0.25, -0.2) is 0 Å². The van der Waals surface area contributed by atoms with Crippen LogP contribution in [0.4, 0.5) is 5.69 Å². The molecule has 1 saturated heterocycles. The lowest BCUT2D eigenvalue weighted by Crippen LogP contribution is -2.47. The molecule has 3 rings (SSSR count). The Hall–Kier alpha value is -2.04. The predicted octanol–water partition coefficient (Wildman–Crippen LogP) is 3.48. The van der Waals surface area contributed by atoms with Gasteiger partial charge in [0.2, 0.25) is 5.91 Å². The van der Waals surface area contributed by atoms with E-state index in [1.54, 1.807) is 0 Å². The average Bonchev–Trinajstić information content (AvgIpc) is 2.66. The number of hydrogen-bond donors (Lipinski definition) is 1. The summed E-state index contributed by atoms with van der Waals surface area (Å²) in [4.78, 5) is 16.8. The Morgan fingerprint density at radius 3 is 2.50 bits per heavy atom. The van der Waals surface area contributed by atoms with Crippen molar-refractivity contribution in [3.63, 3.8) is 0 Å². The molecule has 1 heterocycles. The molecule has 0 aromatic heterocycles. The largest absolute Gasteiger partial charge is 0.369 e. The zero-order chi connectivity index (χ0) is 18.4. The first-order valence-electron chi connectivity index (χ1n) is 9.15. The molecule has 26 heavy (non-hydrogen) atoms. The van der Waals surface area contributed by atoms with Gasteiger partial charge in [0.15, 0.2) is 0 Å². The van der Waals surface area contributed by atoms with Gasteiger partial charge >= 0.3 is 0 Å². The molecule has 4 nitrogen and oxygen atoms in total. The van der Waals surface area contributed by atoms with Crippen LogP contribution < -0.4 is 10.2 Å². The quantitative estimate of drug-likeness (QED) is 0.844. The van der Waals surface area contributed by atoms with Gasteiger partial charge in [0.1, 0.15) is 0 Å². The van der Waals surface area contributed by atoms with Gasteiger partial charge in [0, 0.05) is 56.4 Å². The standard InChI is InChI=1S/C21H26ClN3O/c1-17-5-7-18(8-6-17)16-23-21(26)9-10-24-11-13-25(14-12-24)20-4-2-3-19(22)15-20/h2-8,15H,9-14,16H2,1H3,(H,23,26). The maximum absolute atomic E-state index is 12.1. The van der Waals surface area contributed by atoms with Crippen molar-refractivity contribution in [1.82, 2.24) is 10.2 Å². The maximum Gasteiger partial charge on any atom is 0.221 e. The van der Waals surface area contributed by atoms with Crippen LogP contribution in [-0.4, -0.2) is 43.5 Å². The molecule has 2 aromatic rings. The van der Waals surface area contributed by atoms with Crippen molar-refractivity contribution in [3.05, 3.63) is 64.7 Å². The van der Waals surface area contributed by atoms with E-state index in [4.69, 9.17) is 11.6 Å². The molecule has 0 saturated carbocycles. The molecule has 0 unspecified atom stereocenters. The minimum absolute atomic E-state index is 0.114. The summed E-state index contributed by atoms with van der Waals surface area (Å²) < 4.78 is 0.